The summed E-state index contributed by atoms with van der Waals surface area (Å²) in [5, 5.41) is 6.66. The van der Waals surface area contributed by atoms with Gasteiger partial charge in [0.2, 0.25) is 0 Å². The van der Waals surface area contributed by atoms with Crippen molar-refractivity contribution in [3.05, 3.63) is 99.6 Å². The first-order valence-electron chi connectivity index (χ1n) is 11.4. The monoisotopic (exact) mass is 501 g/mol. The third-order valence-electron chi connectivity index (χ3n) is 6.42. The van der Waals surface area contributed by atoms with Crippen LogP contribution in [0.1, 0.15) is 11.3 Å². The van der Waals surface area contributed by atoms with Crippen molar-refractivity contribution in [3.8, 4) is 11.1 Å². The van der Waals surface area contributed by atoms with Gasteiger partial charge in [-0.25, -0.2) is 13.9 Å². The average molecular weight is 502 g/mol. The first-order chi connectivity index (χ1) is 17.5. The number of halogens is 2. The van der Waals surface area contributed by atoms with Gasteiger partial charge >= 0.3 is 0 Å². The lowest BCUT2D eigenvalue weighted by Crippen LogP contribution is -2.21. The number of benzene rings is 2. The second kappa shape index (κ2) is 8.89. The molecule has 0 aliphatic heterocycles. The molecule has 7 nitrogen and oxygen atoms in total. The van der Waals surface area contributed by atoms with Crippen LogP contribution in [-0.2, 0) is 24.3 Å². The maximum Gasteiger partial charge on any atom is 0.261 e. The number of hydrogen-bond donors (Lipinski definition) is 1. The first-order valence-corrected chi connectivity index (χ1v) is 11.8. The number of aromatic amines is 1. The largest absolute Gasteiger partial charge is 0.378 e. The molecule has 6 rings (SSSR count). The highest BCUT2D eigenvalue weighted by Crippen LogP contribution is 2.30. The summed E-state index contributed by atoms with van der Waals surface area (Å²) < 4.78 is 22.5. The van der Waals surface area contributed by atoms with Crippen LogP contribution in [0.2, 0.25) is 5.02 Å². The fourth-order valence-electron chi connectivity index (χ4n) is 4.68. The van der Waals surface area contributed by atoms with Crippen LogP contribution >= 0.6 is 11.6 Å². The van der Waals surface area contributed by atoms with E-state index >= 15 is 0 Å². The second-order valence-corrected chi connectivity index (χ2v) is 9.06. The second-order valence-electron chi connectivity index (χ2n) is 8.62. The van der Waals surface area contributed by atoms with Gasteiger partial charge in [0.15, 0.2) is 5.65 Å². The lowest BCUT2D eigenvalue weighted by molar-refractivity contribution is 0.181. The third-order valence-corrected chi connectivity index (χ3v) is 6.67. The average Bonchev–Trinajstić information content (AvgIpc) is 3.45. The van der Waals surface area contributed by atoms with E-state index in [9.17, 15) is 9.18 Å². The van der Waals surface area contributed by atoms with Crippen LogP contribution in [0.25, 0.3) is 38.6 Å². The minimum Gasteiger partial charge on any atom is -0.378 e. The topological polar surface area (TPSA) is 77.2 Å². The fraction of sp³-hybridized carbons (Fsp3) is 0.148. The van der Waals surface area contributed by atoms with Gasteiger partial charge in [0, 0.05) is 48.2 Å². The molecule has 0 fully saturated rings. The van der Waals surface area contributed by atoms with Gasteiger partial charge in [0.25, 0.3) is 5.56 Å². The minimum atomic E-state index is -0.286. The zero-order valence-electron chi connectivity index (χ0n) is 19.3. The van der Waals surface area contributed by atoms with Crippen molar-refractivity contribution in [2.75, 3.05) is 7.11 Å². The maximum atomic E-state index is 13.7. The summed E-state index contributed by atoms with van der Waals surface area (Å²) in [5.74, 6) is -0.286. The van der Waals surface area contributed by atoms with Gasteiger partial charge < -0.3 is 14.3 Å². The molecule has 2 aromatic carbocycles. The third kappa shape index (κ3) is 3.75. The van der Waals surface area contributed by atoms with Crippen LogP contribution in [-0.4, -0.2) is 31.3 Å². The Balaban J connectivity index is 1.41. The van der Waals surface area contributed by atoms with Crippen molar-refractivity contribution in [1.82, 2.24) is 24.1 Å². The minimum absolute atomic E-state index is 0.162. The van der Waals surface area contributed by atoms with E-state index < -0.39 is 0 Å². The van der Waals surface area contributed by atoms with Crippen LogP contribution in [0, 0.1) is 5.82 Å². The molecule has 4 aromatic heterocycles. The first kappa shape index (κ1) is 22.5. The van der Waals surface area contributed by atoms with E-state index in [0.29, 0.717) is 41.1 Å². The van der Waals surface area contributed by atoms with E-state index in [1.807, 2.05) is 36.5 Å². The van der Waals surface area contributed by atoms with Crippen molar-refractivity contribution in [1.29, 1.82) is 0 Å². The standard InChI is InChI=1S/C27H21ClFN5O2/c1-36-15-23-25(16-2-4-18(28)5-3-16)26-31-14-21-24(34(26)32-23)9-11-33(27(21)35)10-8-17-13-30-22-7-6-19(29)12-20(17)22/h2-7,9,11-14,30H,8,10,15H2,1H3. The number of ether oxygens (including phenoxy) is 1. The van der Waals surface area contributed by atoms with E-state index in [4.69, 9.17) is 21.4 Å². The van der Waals surface area contributed by atoms with Crippen molar-refractivity contribution in [2.45, 2.75) is 19.6 Å². The molecule has 0 amide bonds. The summed E-state index contributed by atoms with van der Waals surface area (Å²) >= 11 is 6.08. The Morgan fingerprint density at radius 1 is 1.11 bits per heavy atom. The number of rotatable bonds is 6. The van der Waals surface area contributed by atoms with Gasteiger partial charge in [0.05, 0.1) is 28.8 Å². The van der Waals surface area contributed by atoms with Crippen LogP contribution in [0.3, 0.4) is 0 Å². The van der Waals surface area contributed by atoms with Gasteiger partial charge in [-0.15, -0.1) is 0 Å². The number of aromatic nitrogens is 5. The molecule has 36 heavy (non-hydrogen) atoms. The highest BCUT2D eigenvalue weighted by molar-refractivity contribution is 6.30. The van der Waals surface area contributed by atoms with E-state index in [0.717, 1.165) is 33.3 Å². The Morgan fingerprint density at radius 3 is 2.75 bits per heavy atom. The lowest BCUT2D eigenvalue weighted by atomic mass is 10.1. The summed E-state index contributed by atoms with van der Waals surface area (Å²) in [4.78, 5) is 21.1. The summed E-state index contributed by atoms with van der Waals surface area (Å²) in [6.07, 6.45) is 5.80. The summed E-state index contributed by atoms with van der Waals surface area (Å²) in [6.45, 7) is 0.741. The number of methoxy groups -OCH3 is 1. The quantitative estimate of drug-likeness (QED) is 0.332. The van der Waals surface area contributed by atoms with Crippen LogP contribution in [0.4, 0.5) is 4.39 Å². The molecule has 9 heteroatoms. The Hall–Kier alpha value is -4.01. The van der Waals surface area contributed by atoms with Crippen LogP contribution in [0.5, 0.6) is 0 Å². The number of H-pyrrole nitrogens is 1. The molecule has 6 aromatic rings. The fourth-order valence-corrected chi connectivity index (χ4v) is 4.80. The van der Waals surface area contributed by atoms with E-state index in [2.05, 4.69) is 9.97 Å². The molecule has 0 bridgehead atoms. The smallest absolute Gasteiger partial charge is 0.261 e. The zero-order valence-corrected chi connectivity index (χ0v) is 20.1. The van der Waals surface area contributed by atoms with Crippen LogP contribution in [0.15, 0.2) is 71.9 Å². The molecule has 0 unspecified atom stereocenters. The molecule has 4 heterocycles. The molecule has 0 atom stereocenters. The predicted octanol–water partition coefficient (Wildman–Crippen LogP) is 5.37. The Morgan fingerprint density at radius 2 is 1.94 bits per heavy atom. The van der Waals surface area contributed by atoms with Gasteiger partial charge in [-0.2, -0.15) is 5.10 Å². The molecular weight excluding hydrogens is 481 g/mol. The number of nitrogens with one attached hydrogen (secondary N) is 1. The maximum absolute atomic E-state index is 13.7. The molecule has 0 saturated carbocycles. The Kier molecular flexibility index (Phi) is 5.55. The number of fused-ring (bicyclic) bond motifs is 4. The molecular formula is C27H21ClFN5O2. The summed E-state index contributed by atoms with van der Waals surface area (Å²) in [6, 6.07) is 14.0. The van der Waals surface area contributed by atoms with Gasteiger partial charge in [-0.05, 0) is 53.9 Å². The normalized spacial score (nSPS) is 11.8. The van der Waals surface area contributed by atoms with Crippen LogP contribution < -0.4 is 5.56 Å². The molecule has 0 saturated heterocycles. The van der Waals surface area contributed by atoms with Gasteiger partial charge in [-0.3, -0.25) is 4.79 Å². The van der Waals surface area contributed by atoms with Crippen molar-refractivity contribution < 1.29 is 9.13 Å². The van der Waals surface area contributed by atoms with Crippen molar-refractivity contribution in [3.63, 3.8) is 0 Å². The molecule has 0 spiro atoms. The summed E-state index contributed by atoms with van der Waals surface area (Å²) in [5.41, 5.74) is 5.42. The SMILES string of the molecule is COCc1nn2c(ncc3c(=O)n(CCc4c[nH]c5ccc(F)cc45)ccc32)c1-c1ccc(Cl)cc1. The number of hydrogen-bond acceptors (Lipinski definition) is 4. The van der Waals surface area contributed by atoms with E-state index in [1.54, 1.807) is 34.7 Å². The molecule has 180 valence electrons. The highest BCUT2D eigenvalue weighted by Gasteiger charge is 2.19. The Labute approximate surface area is 209 Å². The molecule has 0 aliphatic rings. The van der Waals surface area contributed by atoms with E-state index in [1.165, 1.54) is 12.1 Å². The van der Waals surface area contributed by atoms with Crippen molar-refractivity contribution in [2.24, 2.45) is 0 Å². The van der Waals surface area contributed by atoms with Gasteiger partial charge in [0.1, 0.15) is 5.82 Å². The Bertz CT molecular complexity index is 1800. The predicted molar refractivity (Wildman–Crippen MR) is 138 cm³/mol. The van der Waals surface area contributed by atoms with Gasteiger partial charge in [-0.1, -0.05) is 23.7 Å². The summed E-state index contributed by atoms with van der Waals surface area (Å²) in [7, 11) is 1.61. The number of pyridine rings is 1. The molecule has 0 aliphatic carbocycles. The molecule has 0 radical (unpaired) electrons. The number of aryl methyl sites for hydroxylation is 2. The molecule has 1 N–H and O–H groups in total. The van der Waals surface area contributed by atoms with E-state index in [-0.39, 0.29) is 11.4 Å². The number of nitrogens with zero attached hydrogens (tertiary/aromatic N) is 4. The highest BCUT2D eigenvalue weighted by atomic mass is 35.5. The lowest BCUT2D eigenvalue weighted by Gasteiger charge is -2.08. The van der Waals surface area contributed by atoms with Crippen molar-refractivity contribution >= 4 is 39.1 Å². The zero-order chi connectivity index (χ0) is 24.8.